The predicted molar refractivity (Wildman–Crippen MR) is 64.3 cm³/mol. The molecule has 0 amide bonds. The normalized spacial score (nSPS) is 10.1. The van der Waals surface area contributed by atoms with Crippen LogP contribution in [0.25, 0.3) is 0 Å². The van der Waals surface area contributed by atoms with Crippen LogP contribution >= 0.6 is 11.6 Å². The van der Waals surface area contributed by atoms with Crippen LogP contribution in [-0.2, 0) is 6.54 Å². The van der Waals surface area contributed by atoms with Gasteiger partial charge in [-0.25, -0.2) is 0 Å². The topological polar surface area (TPSA) is 32.3 Å². The van der Waals surface area contributed by atoms with Gasteiger partial charge in [-0.05, 0) is 32.0 Å². The Kier molecular flexibility index (Phi) is 4.66. The van der Waals surface area contributed by atoms with Gasteiger partial charge in [-0.3, -0.25) is 0 Å². The van der Waals surface area contributed by atoms with Crippen LogP contribution in [0.5, 0.6) is 5.75 Å². The van der Waals surface area contributed by atoms with Crippen LogP contribution in [-0.4, -0.2) is 11.7 Å². The van der Waals surface area contributed by atoms with E-state index in [0.717, 1.165) is 12.1 Å². The molecule has 0 spiro atoms. The summed E-state index contributed by atoms with van der Waals surface area (Å²) in [6.45, 7) is 5.53. The Bertz CT molecular complexity index is 357. The van der Waals surface area contributed by atoms with Crippen molar-refractivity contribution in [3.8, 4) is 5.75 Å². The average molecular weight is 226 g/mol. The molecular formula is C12H16ClNO. The van der Waals surface area contributed by atoms with Gasteiger partial charge in [0.1, 0.15) is 5.75 Å². The Labute approximate surface area is 95.6 Å². The van der Waals surface area contributed by atoms with Gasteiger partial charge in [0.2, 0.25) is 0 Å². The first-order valence-corrected chi connectivity index (χ1v) is 5.29. The fraction of sp³-hybridized carbons (Fsp3) is 0.333. The third kappa shape index (κ3) is 4.36. The third-order valence-corrected chi connectivity index (χ3v) is 2.25. The van der Waals surface area contributed by atoms with Gasteiger partial charge in [-0.2, -0.15) is 0 Å². The van der Waals surface area contributed by atoms with Gasteiger partial charge in [0, 0.05) is 23.7 Å². The monoisotopic (exact) mass is 225 g/mol. The van der Waals surface area contributed by atoms with Crippen molar-refractivity contribution in [2.45, 2.75) is 20.4 Å². The Morgan fingerprint density at radius 2 is 2.20 bits per heavy atom. The second-order valence-electron chi connectivity index (χ2n) is 3.69. The highest BCUT2D eigenvalue weighted by molar-refractivity contribution is 6.30. The molecule has 0 saturated heterocycles. The molecule has 1 aromatic rings. The number of allylic oxidation sites excluding steroid dienone is 1. The Morgan fingerprint density at radius 3 is 2.87 bits per heavy atom. The lowest BCUT2D eigenvalue weighted by Gasteiger charge is -2.05. The molecule has 2 N–H and O–H groups in total. The number of phenolic OH excluding ortho intramolecular Hbond substituents is 1. The number of halogens is 1. The summed E-state index contributed by atoms with van der Waals surface area (Å²) >= 11 is 5.83. The van der Waals surface area contributed by atoms with Crippen molar-refractivity contribution in [2.75, 3.05) is 6.54 Å². The highest BCUT2D eigenvalue weighted by Crippen LogP contribution is 2.20. The van der Waals surface area contributed by atoms with Crippen molar-refractivity contribution in [1.82, 2.24) is 5.32 Å². The summed E-state index contributed by atoms with van der Waals surface area (Å²) < 4.78 is 0. The maximum absolute atomic E-state index is 9.53. The standard InChI is InChI=1S/C12H16ClNO/c1-9(2)5-6-14-8-10-7-11(13)3-4-12(10)15/h3-5,7,14-15H,6,8H2,1-2H3. The van der Waals surface area contributed by atoms with Gasteiger partial charge in [-0.1, -0.05) is 23.3 Å². The molecule has 15 heavy (non-hydrogen) atoms. The predicted octanol–water partition coefficient (Wildman–Crippen LogP) is 3.10. The smallest absolute Gasteiger partial charge is 0.120 e. The summed E-state index contributed by atoms with van der Waals surface area (Å²) in [5.41, 5.74) is 2.10. The Balaban J connectivity index is 2.50. The van der Waals surface area contributed by atoms with Crippen molar-refractivity contribution < 1.29 is 5.11 Å². The lowest BCUT2D eigenvalue weighted by molar-refractivity contribution is 0.465. The van der Waals surface area contributed by atoms with E-state index in [4.69, 9.17) is 11.6 Å². The molecule has 0 unspecified atom stereocenters. The number of hydrogen-bond donors (Lipinski definition) is 2. The van der Waals surface area contributed by atoms with Crippen LogP contribution in [0, 0.1) is 0 Å². The minimum Gasteiger partial charge on any atom is -0.508 e. The van der Waals surface area contributed by atoms with E-state index < -0.39 is 0 Å². The molecule has 0 aliphatic heterocycles. The molecule has 0 aliphatic carbocycles. The van der Waals surface area contributed by atoms with E-state index in [0.29, 0.717) is 11.6 Å². The summed E-state index contributed by atoms with van der Waals surface area (Å²) in [6, 6.07) is 5.06. The van der Waals surface area contributed by atoms with Crippen LogP contribution in [0.15, 0.2) is 29.8 Å². The maximum Gasteiger partial charge on any atom is 0.120 e. The molecule has 0 atom stereocenters. The molecule has 82 valence electrons. The van der Waals surface area contributed by atoms with Crippen molar-refractivity contribution in [2.24, 2.45) is 0 Å². The Hall–Kier alpha value is -0.990. The zero-order valence-corrected chi connectivity index (χ0v) is 9.80. The number of hydrogen-bond acceptors (Lipinski definition) is 2. The minimum absolute atomic E-state index is 0.282. The van der Waals surface area contributed by atoms with Gasteiger partial charge in [0.05, 0.1) is 0 Å². The highest BCUT2D eigenvalue weighted by Gasteiger charge is 2.00. The molecular weight excluding hydrogens is 210 g/mol. The number of nitrogens with one attached hydrogen (secondary N) is 1. The minimum atomic E-state index is 0.282. The van der Waals surface area contributed by atoms with Gasteiger partial charge >= 0.3 is 0 Å². The highest BCUT2D eigenvalue weighted by atomic mass is 35.5. The van der Waals surface area contributed by atoms with E-state index >= 15 is 0 Å². The lowest BCUT2D eigenvalue weighted by Crippen LogP contribution is -2.13. The van der Waals surface area contributed by atoms with Gasteiger partial charge in [0.15, 0.2) is 0 Å². The first kappa shape index (κ1) is 12.1. The summed E-state index contributed by atoms with van der Waals surface area (Å²) in [4.78, 5) is 0. The van der Waals surface area contributed by atoms with Crippen molar-refractivity contribution in [3.63, 3.8) is 0 Å². The van der Waals surface area contributed by atoms with Crippen LogP contribution in [0.2, 0.25) is 5.02 Å². The lowest BCUT2D eigenvalue weighted by atomic mass is 10.2. The fourth-order valence-corrected chi connectivity index (χ4v) is 1.37. The molecule has 0 aliphatic rings. The first-order chi connectivity index (χ1) is 7.09. The van der Waals surface area contributed by atoms with Crippen LogP contribution < -0.4 is 5.32 Å². The summed E-state index contributed by atoms with van der Waals surface area (Å²) in [7, 11) is 0. The molecule has 0 radical (unpaired) electrons. The van der Waals surface area contributed by atoms with Crippen molar-refractivity contribution in [1.29, 1.82) is 0 Å². The first-order valence-electron chi connectivity index (χ1n) is 4.91. The van der Waals surface area contributed by atoms with Crippen LogP contribution in [0.4, 0.5) is 0 Å². The maximum atomic E-state index is 9.53. The largest absolute Gasteiger partial charge is 0.508 e. The summed E-state index contributed by atoms with van der Waals surface area (Å²) in [5.74, 6) is 0.282. The number of benzene rings is 1. The molecule has 3 heteroatoms. The van der Waals surface area contributed by atoms with E-state index in [1.165, 1.54) is 5.57 Å². The molecule has 1 aromatic carbocycles. The van der Waals surface area contributed by atoms with E-state index in [9.17, 15) is 5.11 Å². The summed E-state index contributed by atoms with van der Waals surface area (Å²) in [5, 5.41) is 13.4. The van der Waals surface area contributed by atoms with Gasteiger partial charge in [0.25, 0.3) is 0 Å². The molecule has 0 fully saturated rings. The zero-order valence-electron chi connectivity index (χ0n) is 9.05. The number of phenols is 1. The quantitative estimate of drug-likeness (QED) is 0.610. The molecule has 0 bridgehead atoms. The Morgan fingerprint density at radius 1 is 1.47 bits per heavy atom. The van der Waals surface area contributed by atoms with Crippen LogP contribution in [0.3, 0.4) is 0 Å². The molecule has 0 heterocycles. The van der Waals surface area contributed by atoms with E-state index in [-0.39, 0.29) is 5.75 Å². The molecule has 0 saturated carbocycles. The SMILES string of the molecule is CC(C)=CCNCc1cc(Cl)ccc1O. The molecule has 2 nitrogen and oxygen atoms in total. The molecule has 0 aromatic heterocycles. The number of rotatable bonds is 4. The van der Waals surface area contributed by atoms with Gasteiger partial charge in [-0.15, -0.1) is 0 Å². The fourth-order valence-electron chi connectivity index (χ4n) is 1.18. The second kappa shape index (κ2) is 5.79. The van der Waals surface area contributed by atoms with Crippen LogP contribution in [0.1, 0.15) is 19.4 Å². The second-order valence-corrected chi connectivity index (χ2v) is 4.12. The zero-order chi connectivity index (χ0) is 11.3. The van der Waals surface area contributed by atoms with E-state index in [2.05, 4.69) is 25.2 Å². The van der Waals surface area contributed by atoms with E-state index in [1.807, 2.05) is 0 Å². The van der Waals surface area contributed by atoms with Crippen molar-refractivity contribution in [3.05, 3.63) is 40.4 Å². The molecule has 1 rings (SSSR count). The number of aromatic hydroxyl groups is 1. The van der Waals surface area contributed by atoms with E-state index in [1.54, 1.807) is 18.2 Å². The average Bonchev–Trinajstić information content (AvgIpc) is 2.17. The third-order valence-electron chi connectivity index (χ3n) is 2.01. The van der Waals surface area contributed by atoms with Gasteiger partial charge < -0.3 is 10.4 Å². The van der Waals surface area contributed by atoms with Crippen molar-refractivity contribution >= 4 is 11.6 Å². The summed E-state index contributed by atoms with van der Waals surface area (Å²) in [6.07, 6.45) is 2.10.